The molecule has 5 heteroatoms. The first-order valence-corrected chi connectivity index (χ1v) is 4.05. The third-order valence-electron chi connectivity index (χ3n) is 1.02. The van der Waals surface area contributed by atoms with Crippen LogP contribution in [0.25, 0.3) is 0 Å². The van der Waals surface area contributed by atoms with Gasteiger partial charge in [0.25, 0.3) is 0 Å². The second-order valence-electron chi connectivity index (χ2n) is 1.70. The Bertz CT molecular complexity index is 254. The van der Waals surface area contributed by atoms with Gasteiger partial charge in [0.15, 0.2) is 11.1 Å². The molecule has 0 aliphatic rings. The summed E-state index contributed by atoms with van der Waals surface area (Å²) in [6.07, 6.45) is 0. The number of rotatable bonds is 1. The molecule has 1 rings (SSSR count). The third-order valence-corrected chi connectivity index (χ3v) is 1.94. The molecule has 0 fully saturated rings. The molecule has 0 aliphatic carbocycles. The maximum Gasteiger partial charge on any atom is 1.00 e. The first kappa shape index (κ1) is 11.2. The van der Waals surface area contributed by atoms with Crippen LogP contribution in [0.3, 0.4) is 0 Å². The average molecular weight is 185 g/mol. The number of benzene rings is 1. The van der Waals surface area contributed by atoms with E-state index in [4.69, 9.17) is 16.2 Å². The maximum absolute atomic E-state index is 10.4. The predicted molar refractivity (Wildman–Crippen MR) is 41.6 cm³/mol. The van der Waals surface area contributed by atoms with Crippen LogP contribution < -0.4 is 18.9 Å². The Kier molecular flexibility index (Phi) is 5.07. The Hall–Kier alpha value is 0.217. The monoisotopic (exact) mass is 184 g/mol. The van der Waals surface area contributed by atoms with Crippen LogP contribution in [0, 0.1) is 0 Å². The summed E-state index contributed by atoms with van der Waals surface area (Å²) in [5, 5.41) is 0.564. The fourth-order valence-corrected chi connectivity index (χ4v) is 1.05. The smallest absolute Gasteiger partial charge is 1.00 e. The molecule has 0 spiro atoms. The van der Waals surface area contributed by atoms with Crippen molar-refractivity contribution in [2.75, 3.05) is 0 Å². The summed E-state index contributed by atoms with van der Waals surface area (Å²) in [4.78, 5) is 0.365. The van der Waals surface area contributed by atoms with Gasteiger partial charge in [-0.3, -0.25) is 0 Å². The molecule has 2 nitrogen and oxygen atoms in total. The number of halogens is 1. The molecule has 11 heavy (non-hydrogen) atoms. The van der Waals surface area contributed by atoms with Crippen molar-refractivity contribution in [3.05, 3.63) is 29.3 Å². The van der Waals surface area contributed by atoms with Crippen LogP contribution in [0.2, 0.25) is 5.02 Å². The van der Waals surface area contributed by atoms with Gasteiger partial charge in [0.05, 0.1) is 4.90 Å². The van der Waals surface area contributed by atoms with Crippen LogP contribution >= 0.6 is 11.6 Å². The molecule has 0 saturated heterocycles. The summed E-state index contributed by atoms with van der Waals surface area (Å²) < 4.78 is 18.9. The van der Waals surface area contributed by atoms with E-state index in [1.54, 1.807) is 12.1 Å². The van der Waals surface area contributed by atoms with Crippen molar-refractivity contribution in [3.8, 4) is 0 Å². The Balaban J connectivity index is 0. The second kappa shape index (κ2) is 4.97. The van der Waals surface area contributed by atoms with Crippen LogP contribution in [-0.2, 0) is 11.1 Å². The molecular formula is C6H6ClLiO2S. The molecule has 1 unspecified atom stereocenters. The molecule has 0 heterocycles. The van der Waals surface area contributed by atoms with E-state index in [0.717, 1.165) is 0 Å². The second-order valence-corrected chi connectivity index (χ2v) is 3.11. The molecule has 0 aromatic heterocycles. The molecule has 1 aromatic rings. The quantitative estimate of drug-likeness (QED) is 0.451. The summed E-state index contributed by atoms with van der Waals surface area (Å²) in [5.41, 5.74) is 0. The SMILES string of the molecule is O=S(O)c1ccc(Cl)cc1.[H-].[Li+]. The molecule has 0 radical (unpaired) electrons. The molecule has 1 N–H and O–H groups in total. The van der Waals surface area contributed by atoms with Crippen LogP contribution in [-0.4, -0.2) is 8.76 Å². The van der Waals surface area contributed by atoms with Gasteiger partial charge < -0.3 is 5.98 Å². The first-order chi connectivity index (χ1) is 4.70. The first-order valence-electron chi connectivity index (χ1n) is 2.56. The van der Waals surface area contributed by atoms with Gasteiger partial charge in [-0.05, 0) is 24.3 Å². The largest absolute Gasteiger partial charge is 1.00 e. The zero-order valence-electron chi connectivity index (χ0n) is 6.95. The molecule has 56 valence electrons. The summed E-state index contributed by atoms with van der Waals surface area (Å²) in [6.45, 7) is 0. The van der Waals surface area contributed by atoms with Crippen LogP contribution in [0.5, 0.6) is 0 Å². The van der Waals surface area contributed by atoms with Gasteiger partial charge in [0.2, 0.25) is 0 Å². The van der Waals surface area contributed by atoms with Gasteiger partial charge in [-0.1, -0.05) is 11.6 Å². The van der Waals surface area contributed by atoms with Crippen molar-refractivity contribution in [3.63, 3.8) is 0 Å². The zero-order valence-corrected chi connectivity index (χ0v) is 7.52. The molecule has 0 amide bonds. The predicted octanol–water partition coefficient (Wildman–Crippen LogP) is -0.963. The van der Waals surface area contributed by atoms with Crippen molar-refractivity contribution in [1.82, 2.24) is 0 Å². The van der Waals surface area contributed by atoms with Crippen molar-refractivity contribution in [2.24, 2.45) is 0 Å². The van der Waals surface area contributed by atoms with Crippen LogP contribution in [0.1, 0.15) is 1.43 Å². The van der Waals surface area contributed by atoms with E-state index in [2.05, 4.69) is 0 Å². The minimum atomic E-state index is -1.90. The Morgan fingerprint density at radius 2 is 1.82 bits per heavy atom. The van der Waals surface area contributed by atoms with E-state index in [1.165, 1.54) is 12.1 Å². The summed E-state index contributed by atoms with van der Waals surface area (Å²) in [7, 11) is 0. The molecular weight excluding hydrogens is 179 g/mol. The zero-order chi connectivity index (χ0) is 7.56. The normalized spacial score (nSPS) is 11.8. The van der Waals surface area contributed by atoms with Gasteiger partial charge in [0.1, 0.15) is 0 Å². The Labute approximate surface area is 85.9 Å². The van der Waals surface area contributed by atoms with Crippen LogP contribution in [0.15, 0.2) is 29.2 Å². The molecule has 1 aromatic carbocycles. The minimum Gasteiger partial charge on any atom is -1.00 e. The van der Waals surface area contributed by atoms with Crippen molar-refractivity contribution in [1.29, 1.82) is 0 Å². The van der Waals surface area contributed by atoms with Gasteiger partial charge in [-0.25, -0.2) is 4.21 Å². The molecule has 0 saturated carbocycles. The molecule has 1 atom stereocenters. The van der Waals surface area contributed by atoms with Crippen molar-refractivity contribution >= 4 is 22.7 Å². The Morgan fingerprint density at radius 1 is 1.36 bits per heavy atom. The van der Waals surface area contributed by atoms with Crippen LogP contribution in [0.4, 0.5) is 0 Å². The fourth-order valence-electron chi connectivity index (χ4n) is 0.551. The number of hydrogen-bond acceptors (Lipinski definition) is 1. The van der Waals surface area contributed by atoms with E-state index < -0.39 is 11.1 Å². The summed E-state index contributed by atoms with van der Waals surface area (Å²) >= 11 is 3.64. The molecule has 0 bridgehead atoms. The van der Waals surface area contributed by atoms with Crippen molar-refractivity contribution in [2.45, 2.75) is 4.90 Å². The maximum atomic E-state index is 10.4. The standard InChI is InChI=1S/C6H5ClO2S.Li.H/c7-5-1-3-6(4-2-5)10(8)9;;/h1-4H,(H,8,9);;/q;+1;-1. The van der Waals surface area contributed by atoms with E-state index in [1.807, 2.05) is 0 Å². The minimum absolute atomic E-state index is 0. The average Bonchev–Trinajstić information content (AvgIpc) is 1.88. The van der Waals surface area contributed by atoms with E-state index in [-0.39, 0.29) is 20.3 Å². The van der Waals surface area contributed by atoms with E-state index in [9.17, 15) is 4.21 Å². The van der Waals surface area contributed by atoms with E-state index in [0.29, 0.717) is 9.92 Å². The summed E-state index contributed by atoms with van der Waals surface area (Å²) in [5.74, 6) is 0. The van der Waals surface area contributed by atoms with Crippen molar-refractivity contribution < 1.29 is 29.0 Å². The number of hydrogen-bond donors (Lipinski definition) is 1. The fraction of sp³-hybridized carbons (Fsp3) is 0. The Morgan fingerprint density at radius 3 is 2.18 bits per heavy atom. The van der Waals surface area contributed by atoms with Gasteiger partial charge in [-0.2, -0.15) is 0 Å². The third kappa shape index (κ3) is 3.41. The summed E-state index contributed by atoms with van der Waals surface area (Å²) in [6, 6.07) is 6.17. The van der Waals surface area contributed by atoms with Gasteiger partial charge in [0, 0.05) is 5.02 Å². The van der Waals surface area contributed by atoms with Gasteiger partial charge in [-0.15, -0.1) is 0 Å². The van der Waals surface area contributed by atoms with Gasteiger partial charge >= 0.3 is 18.9 Å². The van der Waals surface area contributed by atoms with E-state index >= 15 is 0 Å². The topological polar surface area (TPSA) is 37.3 Å². The molecule has 0 aliphatic heterocycles.